The smallest absolute Gasteiger partial charge is 0.188 e. The Balaban J connectivity index is 1.72. The summed E-state index contributed by atoms with van der Waals surface area (Å²) in [7, 11) is 1.64. The van der Waals surface area contributed by atoms with Crippen LogP contribution in [0.2, 0.25) is 0 Å². The quantitative estimate of drug-likeness (QED) is 0.652. The SMILES string of the molecule is COc1cccc(OCc2nc(CCn3cccn3)n(C(C)(C)C)n2)c1. The first-order chi connectivity index (χ1) is 12.5. The van der Waals surface area contributed by atoms with Crippen LogP contribution in [-0.2, 0) is 25.1 Å². The lowest BCUT2D eigenvalue weighted by Crippen LogP contribution is -2.26. The molecule has 0 aliphatic heterocycles. The van der Waals surface area contributed by atoms with Gasteiger partial charge in [-0.25, -0.2) is 9.67 Å². The molecule has 0 amide bonds. The Morgan fingerprint density at radius 3 is 2.62 bits per heavy atom. The highest BCUT2D eigenvalue weighted by atomic mass is 16.5. The van der Waals surface area contributed by atoms with Crippen LogP contribution >= 0.6 is 0 Å². The molecule has 0 aliphatic rings. The van der Waals surface area contributed by atoms with Crippen molar-refractivity contribution in [1.82, 2.24) is 24.5 Å². The highest BCUT2D eigenvalue weighted by Crippen LogP contribution is 2.20. The van der Waals surface area contributed by atoms with Gasteiger partial charge in [0.2, 0.25) is 0 Å². The van der Waals surface area contributed by atoms with E-state index in [1.54, 1.807) is 13.3 Å². The Labute approximate surface area is 153 Å². The van der Waals surface area contributed by atoms with Crippen molar-refractivity contribution in [1.29, 1.82) is 0 Å². The molecule has 1 aromatic carbocycles. The van der Waals surface area contributed by atoms with Crippen LogP contribution in [0.4, 0.5) is 0 Å². The van der Waals surface area contributed by atoms with E-state index in [2.05, 4.69) is 36.0 Å². The largest absolute Gasteiger partial charge is 0.497 e. The summed E-state index contributed by atoms with van der Waals surface area (Å²) in [5, 5.41) is 8.90. The fourth-order valence-electron chi connectivity index (χ4n) is 2.64. The minimum atomic E-state index is -0.152. The van der Waals surface area contributed by atoms with Gasteiger partial charge in [0.15, 0.2) is 5.82 Å². The van der Waals surface area contributed by atoms with E-state index in [1.807, 2.05) is 45.9 Å². The normalized spacial score (nSPS) is 11.5. The molecule has 0 saturated carbocycles. The van der Waals surface area contributed by atoms with E-state index < -0.39 is 0 Å². The highest BCUT2D eigenvalue weighted by Gasteiger charge is 2.21. The molecule has 0 bridgehead atoms. The second kappa shape index (κ2) is 7.59. The van der Waals surface area contributed by atoms with Crippen molar-refractivity contribution in [3.05, 3.63) is 54.4 Å². The van der Waals surface area contributed by atoms with E-state index in [1.165, 1.54) is 0 Å². The topological polar surface area (TPSA) is 67.0 Å². The lowest BCUT2D eigenvalue weighted by atomic mass is 10.1. The van der Waals surface area contributed by atoms with E-state index in [9.17, 15) is 0 Å². The summed E-state index contributed by atoms with van der Waals surface area (Å²) in [6, 6.07) is 9.43. The number of aromatic nitrogens is 5. The summed E-state index contributed by atoms with van der Waals surface area (Å²) in [4.78, 5) is 4.69. The summed E-state index contributed by atoms with van der Waals surface area (Å²) < 4.78 is 14.9. The first kappa shape index (κ1) is 18.0. The van der Waals surface area contributed by atoms with Gasteiger partial charge in [-0.15, -0.1) is 0 Å². The fourth-order valence-corrected chi connectivity index (χ4v) is 2.64. The predicted octanol–water partition coefficient (Wildman–Crippen LogP) is 3.06. The van der Waals surface area contributed by atoms with Crippen LogP contribution in [0.25, 0.3) is 0 Å². The number of ether oxygens (including phenoxy) is 2. The van der Waals surface area contributed by atoms with Crippen molar-refractivity contribution in [3.8, 4) is 11.5 Å². The van der Waals surface area contributed by atoms with Crippen LogP contribution in [0.15, 0.2) is 42.7 Å². The molecule has 7 nitrogen and oxygen atoms in total. The van der Waals surface area contributed by atoms with Crippen LogP contribution in [0.1, 0.15) is 32.4 Å². The molecule has 0 unspecified atom stereocenters. The first-order valence-corrected chi connectivity index (χ1v) is 8.65. The fraction of sp³-hybridized carbons (Fsp3) is 0.421. The van der Waals surface area contributed by atoms with Crippen molar-refractivity contribution < 1.29 is 9.47 Å². The maximum absolute atomic E-state index is 5.83. The average molecular weight is 355 g/mol. The van der Waals surface area contributed by atoms with Crippen LogP contribution < -0.4 is 9.47 Å². The maximum atomic E-state index is 5.83. The van der Waals surface area contributed by atoms with E-state index >= 15 is 0 Å². The van der Waals surface area contributed by atoms with Gasteiger partial charge < -0.3 is 9.47 Å². The maximum Gasteiger partial charge on any atom is 0.188 e. The van der Waals surface area contributed by atoms with Gasteiger partial charge in [-0.1, -0.05) is 6.07 Å². The molecule has 0 aliphatic carbocycles. The Kier molecular flexibility index (Phi) is 5.25. The minimum Gasteiger partial charge on any atom is -0.497 e. The second-order valence-corrected chi connectivity index (χ2v) is 7.01. The molecule has 0 saturated heterocycles. The molecule has 2 aromatic heterocycles. The molecular weight excluding hydrogens is 330 g/mol. The highest BCUT2D eigenvalue weighted by molar-refractivity contribution is 5.32. The molecule has 0 N–H and O–H groups in total. The number of aryl methyl sites for hydroxylation is 2. The zero-order chi connectivity index (χ0) is 18.6. The van der Waals surface area contributed by atoms with Gasteiger partial charge in [-0.3, -0.25) is 4.68 Å². The van der Waals surface area contributed by atoms with Gasteiger partial charge in [0.25, 0.3) is 0 Å². The Bertz CT molecular complexity index is 834. The summed E-state index contributed by atoms with van der Waals surface area (Å²) in [6.45, 7) is 7.42. The average Bonchev–Trinajstić information content (AvgIpc) is 3.27. The summed E-state index contributed by atoms with van der Waals surface area (Å²) >= 11 is 0. The summed E-state index contributed by atoms with van der Waals surface area (Å²) in [5.41, 5.74) is -0.152. The van der Waals surface area contributed by atoms with Gasteiger partial charge in [0, 0.05) is 31.4 Å². The van der Waals surface area contributed by atoms with E-state index in [0.717, 1.165) is 30.3 Å². The first-order valence-electron chi connectivity index (χ1n) is 8.65. The van der Waals surface area contributed by atoms with Crippen LogP contribution in [0.5, 0.6) is 11.5 Å². The number of hydrogen-bond acceptors (Lipinski definition) is 5. The number of rotatable bonds is 7. The van der Waals surface area contributed by atoms with E-state index in [-0.39, 0.29) is 5.54 Å². The van der Waals surface area contributed by atoms with Gasteiger partial charge in [0.05, 0.1) is 12.6 Å². The number of nitrogens with zero attached hydrogens (tertiary/aromatic N) is 5. The third-order valence-corrected chi connectivity index (χ3v) is 3.89. The van der Waals surface area contributed by atoms with Crippen molar-refractivity contribution >= 4 is 0 Å². The van der Waals surface area contributed by atoms with Crippen molar-refractivity contribution in [2.75, 3.05) is 7.11 Å². The molecule has 0 radical (unpaired) electrons. The van der Waals surface area contributed by atoms with Gasteiger partial charge >= 0.3 is 0 Å². The Hall–Kier alpha value is -2.83. The van der Waals surface area contributed by atoms with E-state index in [0.29, 0.717) is 12.4 Å². The molecule has 26 heavy (non-hydrogen) atoms. The van der Waals surface area contributed by atoms with Crippen LogP contribution in [-0.4, -0.2) is 31.7 Å². The number of hydrogen-bond donors (Lipinski definition) is 0. The molecule has 138 valence electrons. The van der Waals surface area contributed by atoms with Crippen molar-refractivity contribution in [2.45, 2.75) is 45.9 Å². The number of benzene rings is 1. The second-order valence-electron chi connectivity index (χ2n) is 7.01. The number of methoxy groups -OCH3 is 1. The zero-order valence-electron chi connectivity index (χ0n) is 15.7. The molecule has 0 spiro atoms. The third-order valence-electron chi connectivity index (χ3n) is 3.89. The lowest BCUT2D eigenvalue weighted by molar-refractivity contribution is 0.286. The third kappa shape index (κ3) is 4.41. The molecular formula is C19H25N5O2. The molecule has 3 aromatic rings. The van der Waals surface area contributed by atoms with Crippen molar-refractivity contribution in [3.63, 3.8) is 0 Å². The standard InChI is InChI=1S/C19H25N5O2/c1-19(2,3)24-18(9-12-23-11-6-10-20-23)21-17(22-24)14-26-16-8-5-7-15(13-16)25-4/h5-8,10-11,13H,9,12,14H2,1-4H3. The zero-order valence-corrected chi connectivity index (χ0v) is 15.7. The monoisotopic (exact) mass is 355 g/mol. The van der Waals surface area contributed by atoms with Gasteiger partial charge in [-0.2, -0.15) is 10.2 Å². The Morgan fingerprint density at radius 2 is 1.92 bits per heavy atom. The van der Waals surface area contributed by atoms with E-state index in [4.69, 9.17) is 9.47 Å². The molecule has 3 rings (SSSR count). The Morgan fingerprint density at radius 1 is 1.12 bits per heavy atom. The van der Waals surface area contributed by atoms with Crippen LogP contribution in [0.3, 0.4) is 0 Å². The predicted molar refractivity (Wildman–Crippen MR) is 98.3 cm³/mol. The molecule has 0 atom stereocenters. The summed E-state index contributed by atoms with van der Waals surface area (Å²) in [6.07, 6.45) is 4.48. The lowest BCUT2D eigenvalue weighted by Gasteiger charge is -2.21. The summed E-state index contributed by atoms with van der Waals surface area (Å²) in [5.74, 6) is 3.08. The van der Waals surface area contributed by atoms with Crippen LogP contribution in [0, 0.1) is 0 Å². The molecule has 0 fully saturated rings. The van der Waals surface area contributed by atoms with Gasteiger partial charge in [0.1, 0.15) is 23.9 Å². The van der Waals surface area contributed by atoms with Gasteiger partial charge in [-0.05, 0) is 39.0 Å². The minimum absolute atomic E-state index is 0.152. The molecule has 7 heteroatoms. The van der Waals surface area contributed by atoms with Crippen molar-refractivity contribution in [2.24, 2.45) is 0 Å². The molecule has 2 heterocycles.